The van der Waals surface area contributed by atoms with E-state index in [0.717, 1.165) is 28.9 Å². The largest absolute Gasteiger partial charge is 0.357 e. The van der Waals surface area contributed by atoms with Gasteiger partial charge in [-0.3, -0.25) is 4.21 Å². The van der Waals surface area contributed by atoms with Crippen molar-refractivity contribution in [1.82, 2.24) is 9.36 Å². The topological polar surface area (TPSA) is 54.9 Å². The van der Waals surface area contributed by atoms with Crippen LogP contribution in [-0.4, -0.2) is 31.1 Å². The van der Waals surface area contributed by atoms with E-state index in [2.05, 4.69) is 14.7 Å². The minimum Gasteiger partial charge on any atom is -0.357 e. The van der Waals surface area contributed by atoms with Crippen molar-refractivity contribution < 1.29 is 4.21 Å². The summed E-state index contributed by atoms with van der Waals surface area (Å²) < 4.78 is 15.2. The molecule has 0 spiro atoms. The first kappa shape index (κ1) is 9.08. The van der Waals surface area contributed by atoms with Gasteiger partial charge in [-0.2, -0.15) is 4.37 Å². The highest BCUT2D eigenvalue weighted by Gasteiger charge is 2.21. The van der Waals surface area contributed by atoms with E-state index < -0.39 is 10.8 Å². The van der Waals surface area contributed by atoms with Gasteiger partial charge in [-0.1, -0.05) is 0 Å². The van der Waals surface area contributed by atoms with Gasteiger partial charge in [-0.25, -0.2) is 4.98 Å². The first-order valence-corrected chi connectivity index (χ1v) is 6.42. The summed E-state index contributed by atoms with van der Waals surface area (Å²) in [6.45, 7) is 1.87. The molecule has 1 aliphatic rings. The minimum absolute atomic E-state index is 0.327. The maximum Gasteiger partial charge on any atom is 0.202 e. The Hall–Kier alpha value is -0.490. The molecule has 1 aromatic heterocycles. The lowest BCUT2D eigenvalue weighted by Crippen LogP contribution is -2.19. The average Bonchev–Trinajstić information content (AvgIpc) is 2.62. The molecular weight excluding hydrogens is 206 g/mol. The SMILES string of the molecule is Cc1nsc(NC2CCS(=O)C2)n1. The first-order chi connectivity index (χ1) is 6.24. The Kier molecular flexibility index (Phi) is 2.59. The van der Waals surface area contributed by atoms with E-state index >= 15 is 0 Å². The van der Waals surface area contributed by atoms with Crippen LogP contribution in [0.25, 0.3) is 0 Å². The maximum absolute atomic E-state index is 11.1. The van der Waals surface area contributed by atoms with Gasteiger partial charge in [0.15, 0.2) is 0 Å². The van der Waals surface area contributed by atoms with Crippen molar-refractivity contribution in [2.24, 2.45) is 0 Å². The van der Waals surface area contributed by atoms with Crippen molar-refractivity contribution in [3.8, 4) is 0 Å². The molecule has 2 atom stereocenters. The fourth-order valence-electron chi connectivity index (χ4n) is 1.31. The van der Waals surface area contributed by atoms with E-state index in [1.54, 1.807) is 0 Å². The Morgan fingerprint density at radius 3 is 3.08 bits per heavy atom. The lowest BCUT2D eigenvalue weighted by Gasteiger charge is -2.07. The van der Waals surface area contributed by atoms with Crippen molar-refractivity contribution in [2.45, 2.75) is 19.4 Å². The molecule has 6 heteroatoms. The van der Waals surface area contributed by atoms with E-state index in [-0.39, 0.29) is 0 Å². The molecule has 4 nitrogen and oxygen atoms in total. The summed E-state index contributed by atoms with van der Waals surface area (Å²) >= 11 is 1.37. The zero-order valence-electron chi connectivity index (χ0n) is 7.32. The third-order valence-electron chi connectivity index (χ3n) is 1.94. The lowest BCUT2D eigenvalue weighted by molar-refractivity contribution is 0.687. The van der Waals surface area contributed by atoms with E-state index in [4.69, 9.17) is 0 Å². The van der Waals surface area contributed by atoms with E-state index in [1.807, 2.05) is 6.92 Å². The molecule has 1 aliphatic heterocycles. The molecule has 2 unspecified atom stereocenters. The summed E-state index contributed by atoms with van der Waals surface area (Å²) in [5, 5.41) is 4.09. The number of hydrogen-bond donors (Lipinski definition) is 1. The zero-order chi connectivity index (χ0) is 9.26. The Labute approximate surface area is 83.4 Å². The number of aromatic nitrogens is 2. The van der Waals surface area contributed by atoms with Gasteiger partial charge in [-0.15, -0.1) is 0 Å². The fourth-order valence-corrected chi connectivity index (χ4v) is 3.37. The van der Waals surface area contributed by atoms with Crippen LogP contribution in [0.4, 0.5) is 5.13 Å². The van der Waals surface area contributed by atoms with Crippen LogP contribution in [0.3, 0.4) is 0 Å². The Morgan fingerprint density at radius 1 is 1.69 bits per heavy atom. The maximum atomic E-state index is 11.1. The van der Waals surface area contributed by atoms with Gasteiger partial charge in [-0.05, 0) is 13.3 Å². The zero-order valence-corrected chi connectivity index (χ0v) is 8.95. The van der Waals surface area contributed by atoms with E-state index in [1.165, 1.54) is 11.5 Å². The number of anilines is 1. The number of aryl methyl sites for hydroxylation is 1. The van der Waals surface area contributed by atoms with Gasteiger partial charge in [0.05, 0.1) is 0 Å². The molecule has 1 N–H and O–H groups in total. The van der Waals surface area contributed by atoms with Gasteiger partial charge in [0.1, 0.15) is 5.82 Å². The second-order valence-electron chi connectivity index (χ2n) is 3.09. The number of nitrogens with one attached hydrogen (secondary N) is 1. The summed E-state index contributed by atoms with van der Waals surface area (Å²) in [6.07, 6.45) is 0.977. The van der Waals surface area contributed by atoms with Gasteiger partial charge in [0.2, 0.25) is 5.13 Å². The Balaban J connectivity index is 1.95. The molecule has 1 saturated heterocycles. The molecule has 1 aromatic rings. The van der Waals surface area contributed by atoms with Crippen LogP contribution in [0.15, 0.2) is 0 Å². The summed E-state index contributed by atoms with van der Waals surface area (Å²) in [4.78, 5) is 4.20. The van der Waals surface area contributed by atoms with Crippen LogP contribution in [0.1, 0.15) is 12.2 Å². The van der Waals surface area contributed by atoms with E-state index in [9.17, 15) is 4.21 Å². The third-order valence-corrected chi connectivity index (χ3v) is 4.14. The fraction of sp³-hybridized carbons (Fsp3) is 0.714. The Morgan fingerprint density at radius 2 is 2.54 bits per heavy atom. The summed E-state index contributed by atoms with van der Waals surface area (Å²) in [6, 6.07) is 0.327. The molecular formula is C7H11N3OS2. The van der Waals surface area contributed by atoms with Crippen LogP contribution >= 0.6 is 11.5 Å². The second kappa shape index (κ2) is 3.71. The van der Waals surface area contributed by atoms with Crippen molar-refractivity contribution in [3.63, 3.8) is 0 Å². The van der Waals surface area contributed by atoms with Crippen LogP contribution in [0, 0.1) is 6.92 Å². The monoisotopic (exact) mass is 217 g/mol. The normalized spacial score (nSPS) is 27.8. The molecule has 2 heterocycles. The second-order valence-corrected chi connectivity index (χ2v) is 5.46. The average molecular weight is 217 g/mol. The standard InChI is InChI=1S/C7H11N3OS2/c1-5-8-7(12-10-5)9-6-2-3-13(11)4-6/h6H,2-4H2,1H3,(H,8,9,10). The van der Waals surface area contributed by atoms with Crippen LogP contribution in [-0.2, 0) is 10.8 Å². The van der Waals surface area contributed by atoms with Gasteiger partial charge >= 0.3 is 0 Å². The highest BCUT2D eigenvalue weighted by atomic mass is 32.2. The number of rotatable bonds is 2. The van der Waals surface area contributed by atoms with Gasteiger partial charge in [0.25, 0.3) is 0 Å². The van der Waals surface area contributed by atoms with Crippen molar-refractivity contribution in [3.05, 3.63) is 5.82 Å². The lowest BCUT2D eigenvalue weighted by atomic mass is 10.3. The highest BCUT2D eigenvalue weighted by molar-refractivity contribution is 7.85. The summed E-state index contributed by atoms with van der Waals surface area (Å²) in [5.41, 5.74) is 0. The molecule has 0 aromatic carbocycles. The third kappa shape index (κ3) is 2.25. The first-order valence-electron chi connectivity index (χ1n) is 4.16. The highest BCUT2D eigenvalue weighted by Crippen LogP contribution is 2.16. The predicted molar refractivity (Wildman–Crippen MR) is 54.6 cm³/mol. The molecule has 0 radical (unpaired) electrons. The molecule has 13 heavy (non-hydrogen) atoms. The predicted octanol–water partition coefficient (Wildman–Crippen LogP) is 0.779. The molecule has 0 amide bonds. The van der Waals surface area contributed by atoms with Gasteiger partial charge in [0, 0.05) is 39.9 Å². The molecule has 0 saturated carbocycles. The molecule has 2 rings (SSSR count). The minimum atomic E-state index is -0.626. The smallest absolute Gasteiger partial charge is 0.202 e. The van der Waals surface area contributed by atoms with E-state index in [0.29, 0.717) is 6.04 Å². The van der Waals surface area contributed by atoms with Crippen molar-refractivity contribution in [1.29, 1.82) is 0 Å². The van der Waals surface area contributed by atoms with Crippen molar-refractivity contribution >= 4 is 27.5 Å². The molecule has 72 valence electrons. The number of hydrogen-bond acceptors (Lipinski definition) is 5. The van der Waals surface area contributed by atoms with Gasteiger partial charge < -0.3 is 5.32 Å². The summed E-state index contributed by atoms with van der Waals surface area (Å²) in [7, 11) is -0.626. The number of nitrogens with zero attached hydrogens (tertiary/aromatic N) is 2. The molecule has 0 aliphatic carbocycles. The molecule has 1 fully saturated rings. The quantitative estimate of drug-likeness (QED) is 0.795. The van der Waals surface area contributed by atoms with Crippen LogP contribution in [0.5, 0.6) is 0 Å². The summed E-state index contributed by atoms with van der Waals surface area (Å²) in [5.74, 6) is 2.36. The van der Waals surface area contributed by atoms with Crippen molar-refractivity contribution in [2.75, 3.05) is 16.8 Å². The Bertz CT molecular complexity index is 325. The van der Waals surface area contributed by atoms with Crippen LogP contribution < -0.4 is 5.32 Å². The van der Waals surface area contributed by atoms with Crippen LogP contribution in [0.2, 0.25) is 0 Å². The molecule has 0 bridgehead atoms.